The molecule has 1 aliphatic carbocycles. The van der Waals surface area contributed by atoms with Gasteiger partial charge in [-0.2, -0.15) is 0 Å². The molecule has 1 heterocycles. The zero-order chi connectivity index (χ0) is 13.0. The number of hydrogen-bond acceptors (Lipinski definition) is 4. The molecule has 2 rings (SSSR count). The van der Waals surface area contributed by atoms with Crippen molar-refractivity contribution < 1.29 is 12.8 Å². The Morgan fingerprint density at radius 1 is 1.33 bits per heavy atom. The summed E-state index contributed by atoms with van der Waals surface area (Å²) >= 11 is 0. The lowest BCUT2D eigenvalue weighted by Crippen LogP contribution is -2.25. The van der Waals surface area contributed by atoms with Crippen molar-refractivity contribution in [1.29, 1.82) is 0 Å². The van der Waals surface area contributed by atoms with Gasteiger partial charge in [-0.3, -0.25) is 0 Å². The van der Waals surface area contributed by atoms with Gasteiger partial charge >= 0.3 is 0 Å². The summed E-state index contributed by atoms with van der Waals surface area (Å²) in [6.07, 6.45) is 5.90. The Hall–Kier alpha value is -0.850. The third-order valence-electron chi connectivity index (χ3n) is 3.42. The van der Waals surface area contributed by atoms with Crippen LogP contribution < -0.4 is 10.5 Å². The van der Waals surface area contributed by atoms with Crippen molar-refractivity contribution in [3.63, 3.8) is 0 Å². The van der Waals surface area contributed by atoms with E-state index < -0.39 is 10.0 Å². The minimum absolute atomic E-state index is 0.0469. The number of hydrogen-bond donors (Lipinski definition) is 2. The van der Waals surface area contributed by atoms with Crippen molar-refractivity contribution >= 4 is 10.0 Å². The minimum atomic E-state index is -3.51. The number of rotatable bonds is 6. The molecule has 0 amide bonds. The monoisotopic (exact) mass is 272 g/mol. The van der Waals surface area contributed by atoms with Gasteiger partial charge in [-0.1, -0.05) is 25.7 Å². The van der Waals surface area contributed by atoms with Crippen molar-refractivity contribution in [3.05, 3.63) is 17.9 Å². The van der Waals surface area contributed by atoms with Crippen LogP contribution in [0.4, 0.5) is 0 Å². The third kappa shape index (κ3) is 3.34. The van der Waals surface area contributed by atoms with Crippen molar-refractivity contribution in [2.45, 2.75) is 43.7 Å². The molecule has 0 radical (unpaired) electrons. The fraction of sp³-hybridized carbons (Fsp3) is 0.667. The van der Waals surface area contributed by atoms with Gasteiger partial charge in [-0.25, -0.2) is 13.1 Å². The molecule has 1 aliphatic rings. The molecule has 1 fully saturated rings. The molecule has 6 heteroatoms. The maximum atomic E-state index is 11.9. The average Bonchev–Trinajstić information content (AvgIpc) is 2.99. The van der Waals surface area contributed by atoms with E-state index in [4.69, 9.17) is 10.2 Å². The molecule has 5 nitrogen and oxygen atoms in total. The maximum Gasteiger partial charge on any atom is 0.273 e. The Balaban J connectivity index is 1.86. The summed E-state index contributed by atoms with van der Waals surface area (Å²) < 4.78 is 31.5. The molecule has 0 aliphatic heterocycles. The number of nitrogens with two attached hydrogens (primary N) is 1. The second kappa shape index (κ2) is 5.86. The molecule has 0 spiro atoms. The number of nitrogens with one attached hydrogen (secondary N) is 1. The third-order valence-corrected chi connectivity index (χ3v) is 4.76. The summed E-state index contributed by atoms with van der Waals surface area (Å²) in [5, 5.41) is -0.0469. The summed E-state index contributed by atoms with van der Waals surface area (Å²) in [6.45, 7) is 0.684. The van der Waals surface area contributed by atoms with Gasteiger partial charge in [-0.05, 0) is 24.5 Å². The second-order valence-corrected chi connectivity index (χ2v) is 6.46. The number of sulfonamides is 1. The molecular weight excluding hydrogens is 252 g/mol. The van der Waals surface area contributed by atoms with E-state index in [2.05, 4.69) is 4.72 Å². The van der Waals surface area contributed by atoms with Gasteiger partial charge in [0, 0.05) is 6.54 Å². The first-order chi connectivity index (χ1) is 8.62. The van der Waals surface area contributed by atoms with Crippen LogP contribution in [-0.4, -0.2) is 15.0 Å². The summed E-state index contributed by atoms with van der Waals surface area (Å²) in [5.41, 5.74) is 5.38. The van der Waals surface area contributed by atoms with E-state index in [0.29, 0.717) is 18.2 Å². The highest BCUT2D eigenvalue weighted by atomic mass is 32.2. The molecule has 18 heavy (non-hydrogen) atoms. The van der Waals surface area contributed by atoms with Crippen LogP contribution in [0, 0.1) is 5.92 Å². The first-order valence-electron chi connectivity index (χ1n) is 6.40. The minimum Gasteiger partial charge on any atom is -0.447 e. The number of furan rings is 1. The molecule has 0 bridgehead atoms. The normalized spacial score (nSPS) is 17.4. The van der Waals surface area contributed by atoms with E-state index in [-0.39, 0.29) is 11.6 Å². The van der Waals surface area contributed by atoms with Crippen LogP contribution in [0.3, 0.4) is 0 Å². The summed E-state index contributed by atoms with van der Waals surface area (Å²) in [4.78, 5) is 0. The Morgan fingerprint density at radius 2 is 2.06 bits per heavy atom. The molecule has 0 aromatic carbocycles. The quantitative estimate of drug-likeness (QED) is 0.823. The van der Waals surface area contributed by atoms with Gasteiger partial charge < -0.3 is 10.2 Å². The van der Waals surface area contributed by atoms with Crippen LogP contribution >= 0.6 is 0 Å². The highest BCUT2D eigenvalue weighted by Crippen LogP contribution is 2.27. The molecular formula is C12H20N2O3S. The lowest BCUT2D eigenvalue weighted by atomic mass is 10.1. The lowest BCUT2D eigenvalue weighted by Gasteiger charge is -2.09. The van der Waals surface area contributed by atoms with E-state index in [1.165, 1.54) is 31.7 Å². The van der Waals surface area contributed by atoms with Gasteiger partial charge in [0.25, 0.3) is 10.0 Å². The molecule has 0 saturated heterocycles. The zero-order valence-electron chi connectivity index (χ0n) is 10.4. The molecule has 3 N–H and O–H groups in total. The van der Waals surface area contributed by atoms with Crippen molar-refractivity contribution in [2.75, 3.05) is 6.54 Å². The first kappa shape index (κ1) is 13.6. The maximum absolute atomic E-state index is 11.9. The topological polar surface area (TPSA) is 85.3 Å². The average molecular weight is 272 g/mol. The highest BCUT2D eigenvalue weighted by Gasteiger charge is 2.20. The van der Waals surface area contributed by atoms with Crippen molar-refractivity contribution in [2.24, 2.45) is 11.7 Å². The molecule has 1 aromatic rings. The van der Waals surface area contributed by atoms with E-state index in [0.717, 1.165) is 6.42 Å². The summed E-state index contributed by atoms with van der Waals surface area (Å²) in [5.74, 6) is 1.15. The van der Waals surface area contributed by atoms with Crippen LogP contribution in [0.1, 0.15) is 37.9 Å². The van der Waals surface area contributed by atoms with Crippen molar-refractivity contribution in [1.82, 2.24) is 4.72 Å². The molecule has 102 valence electrons. The fourth-order valence-electron chi connectivity index (χ4n) is 2.38. The smallest absolute Gasteiger partial charge is 0.273 e. The second-order valence-electron chi connectivity index (χ2n) is 4.76. The van der Waals surface area contributed by atoms with E-state index >= 15 is 0 Å². The Morgan fingerprint density at radius 3 is 2.67 bits per heavy atom. The largest absolute Gasteiger partial charge is 0.447 e. The first-order valence-corrected chi connectivity index (χ1v) is 7.88. The summed E-state index contributed by atoms with van der Waals surface area (Å²) in [6, 6.07) is 3.03. The predicted molar refractivity (Wildman–Crippen MR) is 68.4 cm³/mol. The van der Waals surface area contributed by atoms with Crippen LogP contribution in [0.2, 0.25) is 0 Å². The van der Waals surface area contributed by atoms with E-state index in [1.807, 2.05) is 0 Å². The van der Waals surface area contributed by atoms with Crippen molar-refractivity contribution in [3.8, 4) is 0 Å². The standard InChI is InChI=1S/C12H20N2O3S/c13-9-11-5-6-12(17-11)18(15,16)14-8-7-10-3-1-2-4-10/h5-6,10,14H,1-4,7-9,13H2. The Bertz CT molecular complexity index is 475. The highest BCUT2D eigenvalue weighted by molar-refractivity contribution is 7.89. The van der Waals surface area contributed by atoms with Gasteiger partial charge in [0.2, 0.25) is 5.09 Å². The fourth-order valence-corrected chi connectivity index (χ4v) is 3.37. The molecule has 1 aromatic heterocycles. The zero-order valence-corrected chi connectivity index (χ0v) is 11.2. The van der Waals surface area contributed by atoms with E-state index in [9.17, 15) is 8.42 Å². The van der Waals surface area contributed by atoms with Crippen LogP contribution in [-0.2, 0) is 16.6 Å². The van der Waals surface area contributed by atoms with Crippen LogP contribution in [0.25, 0.3) is 0 Å². The lowest BCUT2D eigenvalue weighted by molar-refractivity contribution is 0.411. The van der Waals surface area contributed by atoms with Gasteiger partial charge in [0.05, 0.1) is 6.54 Å². The SMILES string of the molecule is NCc1ccc(S(=O)(=O)NCCC2CCCC2)o1. The molecule has 0 unspecified atom stereocenters. The van der Waals surface area contributed by atoms with Gasteiger partial charge in [-0.15, -0.1) is 0 Å². The molecule has 0 atom stereocenters. The van der Waals surface area contributed by atoms with Crippen LogP contribution in [0.5, 0.6) is 0 Å². The van der Waals surface area contributed by atoms with Gasteiger partial charge in [0.15, 0.2) is 0 Å². The Labute approximate surface area is 108 Å². The van der Waals surface area contributed by atoms with Gasteiger partial charge in [0.1, 0.15) is 5.76 Å². The predicted octanol–water partition coefficient (Wildman–Crippen LogP) is 1.60. The van der Waals surface area contributed by atoms with Crippen LogP contribution in [0.15, 0.2) is 21.6 Å². The molecule has 1 saturated carbocycles. The summed E-state index contributed by atoms with van der Waals surface area (Å²) in [7, 11) is -3.51. The Kier molecular flexibility index (Phi) is 4.42. The van der Waals surface area contributed by atoms with E-state index in [1.54, 1.807) is 6.07 Å².